The van der Waals surface area contributed by atoms with Crippen LogP contribution in [0.4, 0.5) is 4.79 Å². The number of imide groups is 1. The number of carbonyl (C=O) groups is 3. The van der Waals surface area contributed by atoms with Gasteiger partial charge in [-0.15, -0.1) is 0 Å². The maximum absolute atomic E-state index is 11.6. The monoisotopic (exact) mass is 272 g/mol. The van der Waals surface area contributed by atoms with Gasteiger partial charge >= 0.3 is 12.1 Å². The Morgan fingerprint density at radius 1 is 1.42 bits per heavy atom. The van der Waals surface area contributed by atoms with Crippen LogP contribution in [0.15, 0.2) is 0 Å². The summed E-state index contributed by atoms with van der Waals surface area (Å²) in [4.78, 5) is 35.1. The van der Waals surface area contributed by atoms with Gasteiger partial charge in [0, 0.05) is 13.0 Å². The molecule has 19 heavy (non-hydrogen) atoms. The number of ether oxygens (including phenoxy) is 1. The molecule has 1 rings (SSSR count). The van der Waals surface area contributed by atoms with Crippen molar-refractivity contribution < 1.29 is 24.2 Å². The SMILES string of the molecule is CCOC(=O)NC(=O)CN1CCCC(CC(=O)O)C1. The highest BCUT2D eigenvalue weighted by molar-refractivity contribution is 5.92. The normalized spacial score (nSPS) is 19.7. The van der Waals surface area contributed by atoms with Crippen molar-refractivity contribution in [2.75, 3.05) is 26.2 Å². The molecular weight excluding hydrogens is 252 g/mol. The zero-order valence-electron chi connectivity index (χ0n) is 11.1. The standard InChI is InChI=1S/C12H20N2O5/c1-2-19-12(18)13-10(15)8-14-5-3-4-9(7-14)6-11(16)17/h9H,2-8H2,1H3,(H,16,17)(H,13,15,18). The van der Waals surface area contributed by atoms with Gasteiger partial charge in [-0.2, -0.15) is 0 Å². The minimum Gasteiger partial charge on any atom is -0.481 e. The highest BCUT2D eigenvalue weighted by atomic mass is 16.5. The van der Waals surface area contributed by atoms with Crippen LogP contribution >= 0.6 is 0 Å². The Hall–Kier alpha value is -1.63. The Balaban J connectivity index is 2.33. The molecule has 0 radical (unpaired) electrons. The minimum atomic E-state index is -0.817. The van der Waals surface area contributed by atoms with E-state index in [9.17, 15) is 14.4 Å². The summed E-state index contributed by atoms with van der Waals surface area (Å²) in [5, 5.41) is 10.9. The second-order valence-corrected chi connectivity index (χ2v) is 4.61. The fourth-order valence-electron chi connectivity index (χ4n) is 2.23. The number of nitrogens with one attached hydrogen (secondary N) is 1. The first-order chi connectivity index (χ1) is 9.01. The molecule has 1 unspecified atom stereocenters. The molecule has 2 N–H and O–H groups in total. The molecule has 1 heterocycles. The number of carboxylic acid groups (broad SMARTS) is 1. The molecule has 1 aliphatic rings. The quantitative estimate of drug-likeness (QED) is 0.754. The van der Waals surface area contributed by atoms with E-state index in [0.29, 0.717) is 6.54 Å². The Kier molecular flexibility index (Phi) is 6.27. The fraction of sp³-hybridized carbons (Fsp3) is 0.750. The molecule has 2 amide bonds. The first-order valence-corrected chi connectivity index (χ1v) is 6.42. The lowest BCUT2D eigenvalue weighted by atomic mass is 9.95. The van der Waals surface area contributed by atoms with E-state index >= 15 is 0 Å². The Labute approximate surface area is 111 Å². The zero-order chi connectivity index (χ0) is 14.3. The van der Waals surface area contributed by atoms with Crippen LogP contribution in [0.25, 0.3) is 0 Å². The van der Waals surface area contributed by atoms with E-state index < -0.39 is 18.0 Å². The smallest absolute Gasteiger partial charge is 0.413 e. The van der Waals surface area contributed by atoms with E-state index in [1.807, 2.05) is 4.90 Å². The van der Waals surface area contributed by atoms with Gasteiger partial charge < -0.3 is 9.84 Å². The second kappa shape index (κ2) is 7.73. The van der Waals surface area contributed by atoms with Crippen LogP contribution in [0, 0.1) is 5.92 Å². The summed E-state index contributed by atoms with van der Waals surface area (Å²) in [5.74, 6) is -1.17. The summed E-state index contributed by atoms with van der Waals surface area (Å²) >= 11 is 0. The van der Waals surface area contributed by atoms with E-state index in [-0.39, 0.29) is 25.5 Å². The van der Waals surface area contributed by atoms with Crippen LogP contribution in [0.5, 0.6) is 0 Å². The zero-order valence-corrected chi connectivity index (χ0v) is 11.1. The van der Waals surface area contributed by atoms with Crippen LogP contribution in [-0.2, 0) is 14.3 Å². The fourth-order valence-corrected chi connectivity index (χ4v) is 2.23. The lowest BCUT2D eigenvalue weighted by molar-refractivity contribution is -0.138. The summed E-state index contributed by atoms with van der Waals surface area (Å²) in [6.45, 7) is 3.28. The largest absolute Gasteiger partial charge is 0.481 e. The Morgan fingerprint density at radius 3 is 2.79 bits per heavy atom. The van der Waals surface area contributed by atoms with Gasteiger partial charge in [-0.05, 0) is 32.2 Å². The maximum Gasteiger partial charge on any atom is 0.413 e. The minimum absolute atomic E-state index is 0.0710. The van der Waals surface area contributed by atoms with E-state index in [0.717, 1.165) is 19.4 Å². The number of hydrogen-bond donors (Lipinski definition) is 2. The third-order valence-corrected chi connectivity index (χ3v) is 2.95. The van der Waals surface area contributed by atoms with Gasteiger partial charge in [0.25, 0.3) is 0 Å². The molecule has 1 aliphatic heterocycles. The summed E-state index contributed by atoms with van der Waals surface area (Å²) in [7, 11) is 0. The van der Waals surface area contributed by atoms with Crippen LogP contribution in [0.3, 0.4) is 0 Å². The number of hydrogen-bond acceptors (Lipinski definition) is 5. The summed E-state index contributed by atoms with van der Waals surface area (Å²) < 4.78 is 4.61. The molecule has 0 aliphatic carbocycles. The number of nitrogens with zero attached hydrogens (tertiary/aromatic N) is 1. The van der Waals surface area contributed by atoms with E-state index in [4.69, 9.17) is 5.11 Å². The van der Waals surface area contributed by atoms with Crippen molar-refractivity contribution in [1.29, 1.82) is 0 Å². The second-order valence-electron chi connectivity index (χ2n) is 4.61. The first kappa shape index (κ1) is 15.4. The number of carbonyl (C=O) groups excluding carboxylic acids is 2. The van der Waals surface area contributed by atoms with Gasteiger partial charge in [-0.25, -0.2) is 4.79 Å². The number of alkyl carbamates (subject to hydrolysis) is 1. The van der Waals surface area contributed by atoms with E-state index in [2.05, 4.69) is 10.1 Å². The van der Waals surface area contributed by atoms with E-state index in [1.54, 1.807) is 6.92 Å². The molecule has 0 bridgehead atoms. The molecule has 0 aromatic heterocycles. The van der Waals surface area contributed by atoms with Crippen molar-refractivity contribution in [3.8, 4) is 0 Å². The summed E-state index contributed by atoms with van der Waals surface area (Å²) in [6, 6.07) is 0. The number of likely N-dealkylation sites (tertiary alicyclic amines) is 1. The molecule has 0 spiro atoms. The van der Waals surface area contributed by atoms with Gasteiger partial charge in [0.05, 0.1) is 13.2 Å². The number of aliphatic carboxylic acids is 1. The molecular formula is C12H20N2O5. The topological polar surface area (TPSA) is 95.9 Å². The third kappa shape index (κ3) is 6.19. The van der Waals surface area contributed by atoms with Crippen molar-refractivity contribution in [2.45, 2.75) is 26.2 Å². The lowest BCUT2D eigenvalue weighted by Crippen LogP contribution is -2.44. The Bertz CT molecular complexity index is 345. The number of piperidine rings is 1. The predicted molar refractivity (Wildman–Crippen MR) is 66.6 cm³/mol. The van der Waals surface area contributed by atoms with Crippen LogP contribution in [0.1, 0.15) is 26.2 Å². The highest BCUT2D eigenvalue weighted by Crippen LogP contribution is 2.19. The number of amides is 2. The summed E-state index contributed by atoms with van der Waals surface area (Å²) in [5.41, 5.74) is 0. The molecule has 1 atom stereocenters. The number of carboxylic acids is 1. The molecule has 108 valence electrons. The van der Waals surface area contributed by atoms with Gasteiger partial charge in [0.1, 0.15) is 0 Å². The van der Waals surface area contributed by atoms with Gasteiger partial charge in [0.15, 0.2) is 0 Å². The van der Waals surface area contributed by atoms with Crippen molar-refractivity contribution in [3.05, 3.63) is 0 Å². The van der Waals surface area contributed by atoms with Crippen LogP contribution in [0.2, 0.25) is 0 Å². The van der Waals surface area contributed by atoms with E-state index in [1.165, 1.54) is 0 Å². The number of rotatable bonds is 5. The molecule has 7 heteroatoms. The average Bonchev–Trinajstić information content (AvgIpc) is 2.28. The molecule has 0 aromatic carbocycles. The van der Waals surface area contributed by atoms with Crippen LogP contribution < -0.4 is 5.32 Å². The van der Waals surface area contributed by atoms with Gasteiger partial charge in [-0.1, -0.05) is 0 Å². The molecule has 1 saturated heterocycles. The lowest BCUT2D eigenvalue weighted by Gasteiger charge is -2.31. The van der Waals surface area contributed by atoms with Crippen LogP contribution in [-0.4, -0.2) is 54.2 Å². The van der Waals surface area contributed by atoms with Crippen molar-refractivity contribution in [1.82, 2.24) is 10.2 Å². The Morgan fingerprint density at radius 2 is 2.16 bits per heavy atom. The highest BCUT2D eigenvalue weighted by Gasteiger charge is 2.23. The predicted octanol–water partition coefficient (Wildman–Crippen LogP) is 0.446. The maximum atomic E-state index is 11.6. The molecule has 7 nitrogen and oxygen atoms in total. The van der Waals surface area contributed by atoms with Gasteiger partial charge in [-0.3, -0.25) is 19.8 Å². The van der Waals surface area contributed by atoms with Gasteiger partial charge in [0.2, 0.25) is 5.91 Å². The van der Waals surface area contributed by atoms with Crippen molar-refractivity contribution in [2.24, 2.45) is 5.92 Å². The van der Waals surface area contributed by atoms with Crippen molar-refractivity contribution in [3.63, 3.8) is 0 Å². The average molecular weight is 272 g/mol. The first-order valence-electron chi connectivity index (χ1n) is 6.42. The molecule has 0 aromatic rings. The third-order valence-electron chi connectivity index (χ3n) is 2.95. The molecule has 0 saturated carbocycles. The molecule has 1 fully saturated rings. The summed E-state index contributed by atoms with van der Waals surface area (Å²) in [6.07, 6.45) is 1.11. The van der Waals surface area contributed by atoms with Crippen molar-refractivity contribution >= 4 is 18.0 Å².